The van der Waals surface area contributed by atoms with Gasteiger partial charge in [0.25, 0.3) is 0 Å². The molecule has 0 spiro atoms. The minimum absolute atomic E-state index is 0.306. The maximum absolute atomic E-state index is 12.4. The van der Waals surface area contributed by atoms with Gasteiger partial charge in [-0.1, -0.05) is 40.2 Å². The standard InChI is InChI=1S/C20H34O/c1-5-20(4)14-10-17(11-15-20)18(21)7-6-16-8-12-19(2,3)13-9-16/h6-7,16-17H,5,8-15H2,1-4H3. The molecule has 21 heavy (non-hydrogen) atoms. The molecule has 0 heterocycles. The summed E-state index contributed by atoms with van der Waals surface area (Å²) in [4.78, 5) is 12.4. The molecule has 1 nitrogen and oxygen atoms in total. The van der Waals surface area contributed by atoms with Crippen molar-refractivity contribution in [1.82, 2.24) is 0 Å². The summed E-state index contributed by atoms with van der Waals surface area (Å²) in [5.74, 6) is 1.35. The first-order valence-electron chi connectivity index (χ1n) is 9.06. The topological polar surface area (TPSA) is 17.1 Å². The van der Waals surface area contributed by atoms with Gasteiger partial charge in [0.1, 0.15) is 0 Å². The Kier molecular flexibility index (Phi) is 5.33. The third-order valence-electron chi connectivity index (χ3n) is 6.37. The number of carbonyl (C=O) groups excluding carboxylic acids is 1. The van der Waals surface area contributed by atoms with E-state index in [2.05, 4.69) is 33.8 Å². The highest BCUT2D eigenvalue weighted by atomic mass is 16.1. The average molecular weight is 290 g/mol. The van der Waals surface area contributed by atoms with E-state index in [1.54, 1.807) is 0 Å². The second-order valence-corrected chi connectivity index (χ2v) is 8.70. The molecule has 0 radical (unpaired) electrons. The Morgan fingerprint density at radius 3 is 2.10 bits per heavy atom. The minimum Gasteiger partial charge on any atom is -0.295 e. The molecule has 0 aliphatic heterocycles. The van der Waals surface area contributed by atoms with Crippen LogP contribution in [0.2, 0.25) is 0 Å². The predicted octanol–water partition coefficient (Wildman–Crippen LogP) is 5.93. The van der Waals surface area contributed by atoms with Crippen molar-refractivity contribution >= 4 is 5.78 Å². The molecule has 120 valence electrons. The lowest BCUT2D eigenvalue weighted by atomic mass is 9.69. The van der Waals surface area contributed by atoms with Crippen molar-refractivity contribution in [2.75, 3.05) is 0 Å². The maximum atomic E-state index is 12.4. The number of rotatable bonds is 4. The van der Waals surface area contributed by atoms with E-state index in [0.29, 0.717) is 28.4 Å². The quantitative estimate of drug-likeness (QED) is 0.586. The summed E-state index contributed by atoms with van der Waals surface area (Å²) < 4.78 is 0. The summed E-state index contributed by atoms with van der Waals surface area (Å²) in [5, 5.41) is 0. The van der Waals surface area contributed by atoms with Crippen LogP contribution >= 0.6 is 0 Å². The number of ketones is 1. The van der Waals surface area contributed by atoms with Crippen molar-refractivity contribution in [3.8, 4) is 0 Å². The van der Waals surface area contributed by atoms with Gasteiger partial charge >= 0.3 is 0 Å². The maximum Gasteiger partial charge on any atom is 0.158 e. The molecule has 1 heteroatoms. The third-order valence-corrected chi connectivity index (χ3v) is 6.37. The van der Waals surface area contributed by atoms with Gasteiger partial charge in [0.15, 0.2) is 5.78 Å². The van der Waals surface area contributed by atoms with Crippen LogP contribution in [0.3, 0.4) is 0 Å². The Morgan fingerprint density at radius 2 is 1.57 bits per heavy atom. The third kappa shape index (κ3) is 4.69. The second-order valence-electron chi connectivity index (χ2n) is 8.70. The molecule has 2 aliphatic rings. The van der Waals surface area contributed by atoms with Crippen molar-refractivity contribution < 1.29 is 4.79 Å². The van der Waals surface area contributed by atoms with Crippen LogP contribution in [0.1, 0.15) is 85.5 Å². The number of hydrogen-bond acceptors (Lipinski definition) is 1. The fourth-order valence-corrected chi connectivity index (χ4v) is 3.93. The molecule has 0 unspecified atom stereocenters. The summed E-state index contributed by atoms with van der Waals surface area (Å²) >= 11 is 0. The molecule has 0 bridgehead atoms. The first-order chi connectivity index (χ1) is 9.84. The Hall–Kier alpha value is -0.590. The van der Waals surface area contributed by atoms with Gasteiger partial charge in [-0.25, -0.2) is 0 Å². The van der Waals surface area contributed by atoms with Gasteiger partial charge in [0.05, 0.1) is 0 Å². The predicted molar refractivity (Wildman–Crippen MR) is 90.2 cm³/mol. The monoisotopic (exact) mass is 290 g/mol. The molecular formula is C20H34O. The van der Waals surface area contributed by atoms with E-state index in [1.165, 1.54) is 44.9 Å². The first-order valence-corrected chi connectivity index (χ1v) is 9.06. The van der Waals surface area contributed by atoms with Gasteiger partial charge in [0.2, 0.25) is 0 Å². The fourth-order valence-electron chi connectivity index (χ4n) is 3.93. The van der Waals surface area contributed by atoms with Gasteiger partial charge in [-0.05, 0) is 74.2 Å². The molecule has 2 saturated carbocycles. The van der Waals surface area contributed by atoms with Crippen LogP contribution < -0.4 is 0 Å². The van der Waals surface area contributed by atoms with Crippen LogP contribution in [0.5, 0.6) is 0 Å². The first kappa shape index (κ1) is 16.8. The number of hydrogen-bond donors (Lipinski definition) is 0. The van der Waals surface area contributed by atoms with E-state index in [1.807, 2.05) is 6.08 Å². The van der Waals surface area contributed by atoms with Crippen LogP contribution in [0, 0.1) is 22.7 Å². The van der Waals surface area contributed by atoms with Crippen molar-refractivity contribution in [1.29, 1.82) is 0 Å². The lowest BCUT2D eigenvalue weighted by Crippen LogP contribution is -2.27. The highest BCUT2D eigenvalue weighted by Gasteiger charge is 2.32. The van der Waals surface area contributed by atoms with E-state index in [-0.39, 0.29) is 0 Å². The van der Waals surface area contributed by atoms with Crippen LogP contribution in [0.4, 0.5) is 0 Å². The molecule has 2 rings (SSSR count). The molecule has 0 aromatic heterocycles. The van der Waals surface area contributed by atoms with E-state index < -0.39 is 0 Å². The van der Waals surface area contributed by atoms with Crippen LogP contribution in [-0.2, 0) is 4.79 Å². The van der Waals surface area contributed by atoms with Crippen molar-refractivity contribution in [2.45, 2.75) is 85.5 Å². The van der Waals surface area contributed by atoms with E-state index in [9.17, 15) is 4.79 Å². The Morgan fingerprint density at radius 1 is 1.00 bits per heavy atom. The smallest absolute Gasteiger partial charge is 0.158 e. The summed E-state index contributed by atoms with van der Waals surface area (Å²) in [6, 6.07) is 0. The second kappa shape index (κ2) is 6.67. The lowest BCUT2D eigenvalue weighted by molar-refractivity contribution is -0.119. The molecule has 0 amide bonds. The van der Waals surface area contributed by atoms with Crippen molar-refractivity contribution in [2.24, 2.45) is 22.7 Å². The van der Waals surface area contributed by atoms with Crippen molar-refractivity contribution in [3.05, 3.63) is 12.2 Å². The SMILES string of the molecule is CCC1(C)CCC(C(=O)C=CC2CCC(C)(C)CC2)CC1. The molecule has 0 N–H and O–H groups in total. The largest absolute Gasteiger partial charge is 0.295 e. The molecule has 2 aliphatic carbocycles. The van der Waals surface area contributed by atoms with Crippen LogP contribution in [0.25, 0.3) is 0 Å². The summed E-state index contributed by atoms with van der Waals surface area (Å²) in [6.07, 6.45) is 15.2. The Bertz CT molecular complexity index is 373. The summed E-state index contributed by atoms with van der Waals surface area (Å²) in [5.41, 5.74) is 1.01. The molecule has 2 fully saturated rings. The zero-order chi connectivity index (χ0) is 15.5. The Labute approximate surface area is 131 Å². The normalized spacial score (nSPS) is 34.2. The van der Waals surface area contributed by atoms with Gasteiger partial charge in [-0.3, -0.25) is 4.79 Å². The van der Waals surface area contributed by atoms with Gasteiger partial charge in [0, 0.05) is 5.92 Å². The molecule has 0 aromatic rings. The average Bonchev–Trinajstić information content (AvgIpc) is 2.46. The van der Waals surface area contributed by atoms with Gasteiger partial charge in [-0.15, -0.1) is 0 Å². The molecule has 0 aromatic carbocycles. The zero-order valence-electron chi connectivity index (χ0n) is 14.6. The van der Waals surface area contributed by atoms with E-state index in [0.717, 1.165) is 12.8 Å². The minimum atomic E-state index is 0.306. The number of allylic oxidation sites excluding steroid dienone is 2. The summed E-state index contributed by atoms with van der Waals surface area (Å²) in [6.45, 7) is 9.40. The highest BCUT2D eigenvalue weighted by Crippen LogP contribution is 2.42. The molecule has 0 atom stereocenters. The van der Waals surface area contributed by atoms with E-state index in [4.69, 9.17) is 0 Å². The fraction of sp³-hybridized carbons (Fsp3) is 0.850. The lowest BCUT2D eigenvalue weighted by Gasteiger charge is -2.36. The van der Waals surface area contributed by atoms with Gasteiger partial charge < -0.3 is 0 Å². The van der Waals surface area contributed by atoms with E-state index >= 15 is 0 Å². The van der Waals surface area contributed by atoms with Crippen LogP contribution in [-0.4, -0.2) is 5.78 Å². The van der Waals surface area contributed by atoms with Crippen LogP contribution in [0.15, 0.2) is 12.2 Å². The highest BCUT2D eigenvalue weighted by molar-refractivity contribution is 5.91. The molecular weight excluding hydrogens is 256 g/mol. The molecule has 0 saturated heterocycles. The summed E-state index contributed by atoms with van der Waals surface area (Å²) in [7, 11) is 0. The van der Waals surface area contributed by atoms with Crippen molar-refractivity contribution in [3.63, 3.8) is 0 Å². The zero-order valence-corrected chi connectivity index (χ0v) is 14.6. The van der Waals surface area contributed by atoms with Gasteiger partial charge in [-0.2, -0.15) is 0 Å². The Balaban J connectivity index is 1.79. The number of carbonyl (C=O) groups is 1.